The molecule has 0 saturated carbocycles. The van der Waals surface area contributed by atoms with Crippen LogP contribution >= 0.6 is 11.8 Å². The van der Waals surface area contributed by atoms with E-state index >= 15 is 0 Å². The molecule has 1 aliphatic rings. The van der Waals surface area contributed by atoms with Crippen molar-refractivity contribution in [3.63, 3.8) is 0 Å². The number of benzene rings is 1. The van der Waals surface area contributed by atoms with Crippen molar-refractivity contribution in [3.05, 3.63) is 42.2 Å². The van der Waals surface area contributed by atoms with Crippen molar-refractivity contribution in [2.45, 2.75) is 50.2 Å². The number of likely N-dealkylation sites (tertiary alicyclic amines) is 1. The number of primary amides is 1. The van der Waals surface area contributed by atoms with Gasteiger partial charge in [-0.3, -0.25) is 14.2 Å². The van der Waals surface area contributed by atoms with Gasteiger partial charge in [0.25, 0.3) is 0 Å². The Balaban J connectivity index is 1.68. The number of nitrogens with zero attached hydrogens (tertiary/aromatic N) is 3. The molecule has 1 atom stereocenters. The van der Waals surface area contributed by atoms with E-state index in [4.69, 9.17) is 5.73 Å². The molecule has 1 aromatic heterocycles. The second-order valence-corrected chi connectivity index (χ2v) is 8.06. The van der Waals surface area contributed by atoms with Gasteiger partial charge in [-0.1, -0.05) is 37.7 Å². The van der Waals surface area contributed by atoms with Gasteiger partial charge in [-0.15, -0.1) is 0 Å². The van der Waals surface area contributed by atoms with Gasteiger partial charge in [0.15, 0.2) is 5.16 Å². The fourth-order valence-electron chi connectivity index (χ4n) is 3.35. The molecule has 144 valence electrons. The number of imidazole rings is 1. The molecule has 1 saturated heterocycles. The molecule has 0 radical (unpaired) electrons. The molecule has 1 aromatic carbocycles. The molecule has 2 aromatic rings. The van der Waals surface area contributed by atoms with E-state index in [1.54, 1.807) is 11.1 Å². The Morgan fingerprint density at radius 1 is 1.26 bits per heavy atom. The Labute approximate surface area is 164 Å². The van der Waals surface area contributed by atoms with Crippen LogP contribution in [-0.4, -0.2) is 44.6 Å². The largest absolute Gasteiger partial charge is 0.368 e. The SMILES string of the molecule is CC(C)c1ccc(-n2ccnc2SCC(=O)N2CCCCC2C(N)=O)cc1. The molecule has 3 rings (SSSR count). The summed E-state index contributed by atoms with van der Waals surface area (Å²) in [7, 11) is 0. The van der Waals surface area contributed by atoms with Gasteiger partial charge in [-0.05, 0) is 42.9 Å². The summed E-state index contributed by atoms with van der Waals surface area (Å²) in [5.41, 5.74) is 7.76. The molecular weight excluding hydrogens is 360 g/mol. The van der Waals surface area contributed by atoms with E-state index in [-0.39, 0.29) is 11.7 Å². The minimum Gasteiger partial charge on any atom is -0.368 e. The van der Waals surface area contributed by atoms with Crippen molar-refractivity contribution in [2.75, 3.05) is 12.3 Å². The van der Waals surface area contributed by atoms with Crippen LogP contribution in [0.4, 0.5) is 0 Å². The number of piperidine rings is 1. The Bertz CT molecular complexity index is 801. The summed E-state index contributed by atoms with van der Waals surface area (Å²) >= 11 is 1.38. The smallest absolute Gasteiger partial charge is 0.240 e. The summed E-state index contributed by atoms with van der Waals surface area (Å²) in [5.74, 6) is 0.245. The van der Waals surface area contributed by atoms with Crippen LogP contribution in [0.3, 0.4) is 0 Å². The number of thioether (sulfide) groups is 1. The molecule has 1 unspecified atom stereocenters. The van der Waals surface area contributed by atoms with E-state index in [0.717, 1.165) is 23.7 Å². The van der Waals surface area contributed by atoms with Gasteiger partial charge in [0.05, 0.1) is 5.75 Å². The normalized spacial score (nSPS) is 17.3. The number of amides is 2. The molecule has 27 heavy (non-hydrogen) atoms. The third-order valence-corrected chi connectivity index (χ3v) is 5.87. The maximum absolute atomic E-state index is 12.6. The van der Waals surface area contributed by atoms with Crippen LogP contribution in [0.15, 0.2) is 41.8 Å². The maximum Gasteiger partial charge on any atom is 0.240 e. The summed E-state index contributed by atoms with van der Waals surface area (Å²) in [5, 5.41) is 0.758. The molecule has 0 bridgehead atoms. The molecule has 0 spiro atoms. The average molecular weight is 387 g/mol. The topological polar surface area (TPSA) is 81.2 Å². The van der Waals surface area contributed by atoms with Gasteiger partial charge in [-0.2, -0.15) is 0 Å². The quantitative estimate of drug-likeness (QED) is 0.774. The minimum atomic E-state index is -0.477. The van der Waals surface area contributed by atoms with E-state index in [1.807, 2.05) is 10.8 Å². The number of nitrogens with two attached hydrogens (primary N) is 1. The lowest BCUT2D eigenvalue weighted by Crippen LogP contribution is -2.51. The Morgan fingerprint density at radius 3 is 2.67 bits per heavy atom. The summed E-state index contributed by atoms with van der Waals surface area (Å²) in [6.07, 6.45) is 6.13. The van der Waals surface area contributed by atoms with E-state index in [9.17, 15) is 9.59 Å². The third kappa shape index (κ3) is 4.53. The number of carbonyl (C=O) groups excluding carboxylic acids is 2. The Hall–Kier alpha value is -2.28. The molecule has 2 amide bonds. The average Bonchev–Trinajstić information content (AvgIpc) is 3.14. The van der Waals surface area contributed by atoms with Gasteiger partial charge in [-0.25, -0.2) is 4.98 Å². The summed E-state index contributed by atoms with van der Waals surface area (Å²) < 4.78 is 1.98. The molecule has 2 heterocycles. The molecular formula is C20H26N4O2S. The zero-order valence-corrected chi connectivity index (χ0v) is 16.6. The van der Waals surface area contributed by atoms with E-state index in [2.05, 4.69) is 43.1 Å². The fraction of sp³-hybridized carbons (Fsp3) is 0.450. The lowest BCUT2D eigenvalue weighted by molar-refractivity contribution is -0.138. The second kappa shape index (κ2) is 8.61. The van der Waals surface area contributed by atoms with Crippen LogP contribution in [0.25, 0.3) is 5.69 Å². The Morgan fingerprint density at radius 2 is 2.00 bits per heavy atom. The summed E-state index contributed by atoms with van der Waals surface area (Å²) in [6.45, 7) is 4.93. The van der Waals surface area contributed by atoms with Crippen LogP contribution in [0.5, 0.6) is 0 Å². The standard InChI is InChI=1S/C20H26N4O2S/c1-14(2)15-6-8-16(9-7-15)23-12-10-22-20(23)27-13-18(25)24-11-4-3-5-17(24)19(21)26/h6-10,12,14,17H,3-5,11,13H2,1-2H3,(H2,21,26). The number of carbonyl (C=O) groups is 2. The van der Waals surface area contributed by atoms with Crippen LogP contribution in [-0.2, 0) is 9.59 Å². The number of rotatable bonds is 6. The van der Waals surface area contributed by atoms with E-state index in [1.165, 1.54) is 17.3 Å². The predicted octanol–water partition coefficient (Wildman–Crippen LogP) is 2.95. The monoisotopic (exact) mass is 386 g/mol. The maximum atomic E-state index is 12.6. The second-order valence-electron chi connectivity index (χ2n) is 7.12. The molecule has 0 aliphatic carbocycles. The van der Waals surface area contributed by atoms with Crippen molar-refractivity contribution in [2.24, 2.45) is 5.73 Å². The number of hydrogen-bond donors (Lipinski definition) is 1. The Kier molecular flexibility index (Phi) is 6.21. The van der Waals surface area contributed by atoms with Crippen LogP contribution < -0.4 is 5.73 Å². The number of aromatic nitrogens is 2. The first kappa shape index (κ1) is 19.5. The lowest BCUT2D eigenvalue weighted by atomic mass is 10.0. The van der Waals surface area contributed by atoms with Crippen molar-refractivity contribution in [1.29, 1.82) is 0 Å². The molecule has 6 nitrogen and oxygen atoms in total. The first-order valence-electron chi connectivity index (χ1n) is 9.32. The predicted molar refractivity (Wildman–Crippen MR) is 107 cm³/mol. The highest BCUT2D eigenvalue weighted by molar-refractivity contribution is 7.99. The van der Waals surface area contributed by atoms with E-state index in [0.29, 0.717) is 18.9 Å². The van der Waals surface area contributed by atoms with Gasteiger partial charge in [0, 0.05) is 24.6 Å². The molecule has 7 heteroatoms. The van der Waals surface area contributed by atoms with Crippen molar-refractivity contribution in [1.82, 2.24) is 14.5 Å². The molecule has 1 fully saturated rings. The van der Waals surface area contributed by atoms with Crippen molar-refractivity contribution in [3.8, 4) is 5.69 Å². The zero-order valence-electron chi connectivity index (χ0n) is 15.8. The zero-order chi connectivity index (χ0) is 19.4. The van der Waals surface area contributed by atoms with Crippen LogP contribution in [0.2, 0.25) is 0 Å². The minimum absolute atomic E-state index is 0.0618. The van der Waals surface area contributed by atoms with Gasteiger partial charge < -0.3 is 10.6 Å². The third-order valence-electron chi connectivity index (χ3n) is 4.92. The highest BCUT2D eigenvalue weighted by Crippen LogP contribution is 2.24. The number of hydrogen-bond acceptors (Lipinski definition) is 4. The van der Waals surface area contributed by atoms with Crippen molar-refractivity contribution >= 4 is 23.6 Å². The summed E-state index contributed by atoms with van der Waals surface area (Å²) in [6, 6.07) is 7.89. The van der Waals surface area contributed by atoms with Gasteiger partial charge in [0.1, 0.15) is 6.04 Å². The van der Waals surface area contributed by atoms with Gasteiger partial charge >= 0.3 is 0 Å². The first-order valence-corrected chi connectivity index (χ1v) is 10.3. The van der Waals surface area contributed by atoms with Crippen LogP contribution in [0, 0.1) is 0 Å². The molecule has 2 N–H and O–H groups in total. The van der Waals surface area contributed by atoms with Gasteiger partial charge in [0.2, 0.25) is 11.8 Å². The highest BCUT2D eigenvalue weighted by atomic mass is 32.2. The highest BCUT2D eigenvalue weighted by Gasteiger charge is 2.30. The van der Waals surface area contributed by atoms with Crippen molar-refractivity contribution < 1.29 is 9.59 Å². The molecule has 1 aliphatic heterocycles. The van der Waals surface area contributed by atoms with E-state index < -0.39 is 11.9 Å². The summed E-state index contributed by atoms with van der Waals surface area (Å²) in [4.78, 5) is 30.3. The lowest BCUT2D eigenvalue weighted by Gasteiger charge is -2.33. The fourth-order valence-corrected chi connectivity index (χ4v) is 4.21. The van der Waals surface area contributed by atoms with Crippen LogP contribution in [0.1, 0.15) is 44.6 Å². The first-order chi connectivity index (χ1) is 13.0.